The minimum Gasteiger partial charge on any atom is -0.496 e. The van der Waals surface area contributed by atoms with Crippen LogP contribution in [0.1, 0.15) is 36.1 Å². The van der Waals surface area contributed by atoms with Crippen LogP contribution in [0.15, 0.2) is 6.07 Å². The molecule has 1 aromatic rings. The molecule has 0 aliphatic heterocycles. The first-order valence-corrected chi connectivity index (χ1v) is 6.66. The molecule has 0 heterocycles. The summed E-state index contributed by atoms with van der Waals surface area (Å²) in [6.07, 6.45) is 0.579. The summed E-state index contributed by atoms with van der Waals surface area (Å²) >= 11 is 0. The zero-order chi connectivity index (χ0) is 14.7. The van der Waals surface area contributed by atoms with Crippen molar-refractivity contribution >= 4 is 5.97 Å². The third kappa shape index (κ3) is 3.28. The Hall–Kier alpha value is -1.51. The molecule has 1 atom stereocenters. The third-order valence-electron chi connectivity index (χ3n) is 3.97. The number of benzene rings is 1. The summed E-state index contributed by atoms with van der Waals surface area (Å²) in [4.78, 5) is 11.4. The molecule has 3 nitrogen and oxygen atoms in total. The molecule has 0 saturated heterocycles. The zero-order valence-electron chi connectivity index (χ0n) is 12.7. The molecule has 1 N–H and O–H groups in total. The highest BCUT2D eigenvalue weighted by Gasteiger charge is 2.24. The number of ether oxygens (including phenoxy) is 1. The molecule has 1 unspecified atom stereocenters. The highest BCUT2D eigenvalue weighted by Crippen LogP contribution is 2.30. The van der Waals surface area contributed by atoms with Crippen molar-refractivity contribution in [2.45, 2.75) is 41.0 Å². The number of methoxy groups -OCH3 is 1. The molecule has 3 heteroatoms. The van der Waals surface area contributed by atoms with Crippen molar-refractivity contribution in [3.05, 3.63) is 28.3 Å². The normalized spacial score (nSPS) is 12.6. The number of hydrogen-bond acceptors (Lipinski definition) is 2. The minimum absolute atomic E-state index is 0.124. The predicted octanol–water partition coefficient (Wildman–Crippen LogP) is 3.52. The van der Waals surface area contributed by atoms with Crippen molar-refractivity contribution in [3.63, 3.8) is 0 Å². The number of rotatable bonds is 5. The van der Waals surface area contributed by atoms with Gasteiger partial charge in [0.25, 0.3) is 0 Å². The lowest BCUT2D eigenvalue weighted by Crippen LogP contribution is -2.23. The summed E-state index contributed by atoms with van der Waals surface area (Å²) in [5.74, 6) is -0.0682. The van der Waals surface area contributed by atoms with Crippen LogP contribution < -0.4 is 4.74 Å². The number of carbonyl (C=O) groups is 1. The maximum Gasteiger partial charge on any atom is 0.307 e. The average molecular weight is 264 g/mol. The van der Waals surface area contributed by atoms with Crippen molar-refractivity contribution in [1.82, 2.24) is 0 Å². The van der Waals surface area contributed by atoms with Crippen LogP contribution in [-0.4, -0.2) is 18.2 Å². The number of hydrogen-bond donors (Lipinski definition) is 1. The van der Waals surface area contributed by atoms with E-state index in [4.69, 9.17) is 4.74 Å². The standard InChI is InChI=1S/C16H24O3/c1-9(2)13(16(17)18)8-14-10(3)7-15(19-6)12(5)11(14)4/h7,9,13H,8H2,1-6H3,(H,17,18). The van der Waals surface area contributed by atoms with Crippen LogP contribution in [-0.2, 0) is 11.2 Å². The van der Waals surface area contributed by atoms with E-state index in [1.807, 2.05) is 40.7 Å². The fraction of sp³-hybridized carbons (Fsp3) is 0.562. The second kappa shape index (κ2) is 6.09. The average Bonchev–Trinajstić information content (AvgIpc) is 2.32. The van der Waals surface area contributed by atoms with Gasteiger partial charge >= 0.3 is 5.97 Å². The lowest BCUT2D eigenvalue weighted by Gasteiger charge is -2.21. The van der Waals surface area contributed by atoms with Crippen LogP contribution in [0.2, 0.25) is 0 Å². The lowest BCUT2D eigenvalue weighted by molar-refractivity contribution is -0.143. The smallest absolute Gasteiger partial charge is 0.307 e. The Morgan fingerprint density at radius 2 is 1.84 bits per heavy atom. The van der Waals surface area contributed by atoms with Gasteiger partial charge in [-0.25, -0.2) is 0 Å². The molecule has 0 aliphatic rings. The van der Waals surface area contributed by atoms with Crippen molar-refractivity contribution < 1.29 is 14.6 Å². The zero-order valence-corrected chi connectivity index (χ0v) is 12.7. The molecule has 0 aromatic heterocycles. The van der Waals surface area contributed by atoms with Gasteiger partial charge in [-0.3, -0.25) is 4.79 Å². The van der Waals surface area contributed by atoms with Crippen LogP contribution in [0.25, 0.3) is 0 Å². The fourth-order valence-corrected chi connectivity index (χ4v) is 2.45. The highest BCUT2D eigenvalue weighted by atomic mass is 16.5. The van der Waals surface area contributed by atoms with Gasteiger partial charge in [0.1, 0.15) is 5.75 Å². The molecule has 0 spiro atoms. The minimum atomic E-state index is -0.720. The summed E-state index contributed by atoms with van der Waals surface area (Å²) in [6, 6.07) is 2.00. The second-order valence-corrected chi connectivity index (χ2v) is 5.52. The Balaban J connectivity index is 3.21. The van der Waals surface area contributed by atoms with E-state index in [0.717, 1.165) is 28.0 Å². The largest absolute Gasteiger partial charge is 0.496 e. The summed E-state index contributed by atoms with van der Waals surface area (Å²) in [5, 5.41) is 9.33. The molecule has 0 aliphatic carbocycles. The van der Waals surface area contributed by atoms with Crippen LogP contribution in [0.3, 0.4) is 0 Å². The monoisotopic (exact) mass is 264 g/mol. The number of carboxylic acids is 1. The maximum absolute atomic E-state index is 11.4. The van der Waals surface area contributed by atoms with Crippen molar-refractivity contribution in [3.8, 4) is 5.75 Å². The van der Waals surface area contributed by atoms with E-state index in [9.17, 15) is 9.90 Å². The van der Waals surface area contributed by atoms with Crippen LogP contribution in [0, 0.1) is 32.6 Å². The Bertz CT molecular complexity index is 475. The summed E-state index contributed by atoms with van der Waals surface area (Å²) in [7, 11) is 1.66. The molecular formula is C16H24O3. The molecule has 0 radical (unpaired) electrons. The van der Waals surface area contributed by atoms with E-state index in [0.29, 0.717) is 6.42 Å². The van der Waals surface area contributed by atoms with Gasteiger partial charge in [0, 0.05) is 0 Å². The first-order chi connectivity index (χ1) is 8.79. The predicted molar refractivity (Wildman–Crippen MR) is 76.9 cm³/mol. The van der Waals surface area contributed by atoms with Crippen molar-refractivity contribution in [2.24, 2.45) is 11.8 Å². The molecule has 1 aromatic carbocycles. The van der Waals surface area contributed by atoms with Gasteiger partial charge in [0.05, 0.1) is 13.0 Å². The van der Waals surface area contributed by atoms with E-state index < -0.39 is 5.97 Å². The molecule has 19 heavy (non-hydrogen) atoms. The van der Waals surface area contributed by atoms with E-state index >= 15 is 0 Å². The molecule has 0 fully saturated rings. The number of carboxylic acid groups (broad SMARTS) is 1. The van der Waals surface area contributed by atoms with E-state index in [2.05, 4.69) is 0 Å². The van der Waals surface area contributed by atoms with Gasteiger partial charge in [0.15, 0.2) is 0 Å². The van der Waals surface area contributed by atoms with E-state index in [-0.39, 0.29) is 11.8 Å². The Labute approximate surface area is 115 Å². The van der Waals surface area contributed by atoms with Gasteiger partial charge in [-0.2, -0.15) is 0 Å². The Kier molecular flexibility index (Phi) is 4.98. The van der Waals surface area contributed by atoms with Crippen LogP contribution in [0.4, 0.5) is 0 Å². The second-order valence-electron chi connectivity index (χ2n) is 5.52. The molecular weight excluding hydrogens is 240 g/mol. The Morgan fingerprint density at radius 1 is 1.26 bits per heavy atom. The van der Waals surface area contributed by atoms with Gasteiger partial charge in [0.2, 0.25) is 0 Å². The lowest BCUT2D eigenvalue weighted by atomic mass is 9.85. The van der Waals surface area contributed by atoms with Crippen molar-refractivity contribution in [2.75, 3.05) is 7.11 Å². The molecule has 106 valence electrons. The van der Waals surface area contributed by atoms with Crippen LogP contribution >= 0.6 is 0 Å². The molecule has 0 saturated carbocycles. The van der Waals surface area contributed by atoms with Gasteiger partial charge in [-0.15, -0.1) is 0 Å². The SMILES string of the molecule is COc1cc(C)c(CC(C(=O)O)C(C)C)c(C)c1C. The van der Waals surface area contributed by atoms with E-state index in [1.165, 1.54) is 0 Å². The fourth-order valence-electron chi connectivity index (χ4n) is 2.45. The van der Waals surface area contributed by atoms with Gasteiger partial charge < -0.3 is 9.84 Å². The summed E-state index contributed by atoms with van der Waals surface area (Å²) < 4.78 is 5.35. The Morgan fingerprint density at radius 3 is 2.26 bits per heavy atom. The number of aliphatic carboxylic acids is 1. The first-order valence-electron chi connectivity index (χ1n) is 6.66. The summed E-state index contributed by atoms with van der Waals surface area (Å²) in [5.41, 5.74) is 4.48. The highest BCUT2D eigenvalue weighted by molar-refractivity contribution is 5.71. The van der Waals surface area contributed by atoms with Gasteiger partial charge in [-0.1, -0.05) is 13.8 Å². The molecule has 0 bridgehead atoms. The van der Waals surface area contributed by atoms with E-state index in [1.54, 1.807) is 7.11 Å². The summed E-state index contributed by atoms with van der Waals surface area (Å²) in [6.45, 7) is 9.99. The first kappa shape index (κ1) is 15.5. The van der Waals surface area contributed by atoms with Gasteiger partial charge in [-0.05, 0) is 61.4 Å². The molecule has 1 rings (SSSR count). The maximum atomic E-state index is 11.4. The van der Waals surface area contributed by atoms with Crippen molar-refractivity contribution in [1.29, 1.82) is 0 Å². The number of aryl methyl sites for hydroxylation is 1. The third-order valence-corrected chi connectivity index (χ3v) is 3.97. The quantitative estimate of drug-likeness (QED) is 0.885. The van der Waals surface area contributed by atoms with Crippen LogP contribution in [0.5, 0.6) is 5.75 Å². The topological polar surface area (TPSA) is 46.5 Å². The molecule has 0 amide bonds.